The van der Waals surface area contributed by atoms with Crippen molar-refractivity contribution in [2.75, 3.05) is 18.0 Å². The van der Waals surface area contributed by atoms with E-state index in [1.54, 1.807) is 21.7 Å². The molecule has 0 radical (unpaired) electrons. The number of carbonyl (C=O) groups excluding carboxylic acids is 1. The Morgan fingerprint density at radius 1 is 1.14 bits per heavy atom. The summed E-state index contributed by atoms with van der Waals surface area (Å²) in [6.07, 6.45) is 3.96. The lowest BCUT2D eigenvalue weighted by atomic mass is 9.82. The summed E-state index contributed by atoms with van der Waals surface area (Å²) < 4.78 is 27.7. The van der Waals surface area contributed by atoms with E-state index in [1.165, 1.54) is 27.0 Å². The number of carbonyl (C=O) groups is 2. The number of hydrogen-bond donors (Lipinski definition) is 1. The van der Waals surface area contributed by atoms with Crippen molar-refractivity contribution in [3.05, 3.63) is 32.6 Å². The summed E-state index contributed by atoms with van der Waals surface area (Å²) in [4.78, 5) is 29.2. The Hall–Kier alpha value is -1.75. The van der Waals surface area contributed by atoms with E-state index in [1.807, 2.05) is 26.8 Å². The summed E-state index contributed by atoms with van der Waals surface area (Å²) in [5, 5.41) is 13.4. The van der Waals surface area contributed by atoms with Gasteiger partial charge in [-0.25, -0.2) is 13.2 Å². The van der Waals surface area contributed by atoms with Crippen LogP contribution in [0.15, 0.2) is 27.8 Å². The minimum atomic E-state index is -3.65. The first-order valence-electron chi connectivity index (χ1n) is 12.1. The van der Waals surface area contributed by atoms with Gasteiger partial charge in [0.2, 0.25) is 15.9 Å². The maximum absolute atomic E-state index is 14.0. The van der Waals surface area contributed by atoms with Crippen molar-refractivity contribution in [3.63, 3.8) is 0 Å². The lowest BCUT2D eigenvalue weighted by molar-refractivity contribution is -0.124. The van der Waals surface area contributed by atoms with Crippen LogP contribution in [-0.2, 0) is 20.2 Å². The van der Waals surface area contributed by atoms with E-state index in [4.69, 9.17) is 0 Å². The zero-order valence-electron chi connectivity index (χ0n) is 20.7. The first-order chi connectivity index (χ1) is 16.4. The van der Waals surface area contributed by atoms with Crippen LogP contribution in [0, 0.1) is 11.8 Å². The molecule has 0 aromatic carbocycles. The van der Waals surface area contributed by atoms with Crippen molar-refractivity contribution < 1.29 is 23.1 Å². The second kappa shape index (κ2) is 9.95. The summed E-state index contributed by atoms with van der Waals surface area (Å²) in [5.41, 5.74) is 0.141. The summed E-state index contributed by atoms with van der Waals surface area (Å²) in [7, 11) is -3.65. The largest absolute Gasteiger partial charge is 0.477 e. The molecule has 1 N–H and O–H groups in total. The van der Waals surface area contributed by atoms with Crippen molar-refractivity contribution in [2.24, 2.45) is 11.8 Å². The number of aromatic carboxylic acids is 1. The molecule has 7 nitrogen and oxygen atoms in total. The summed E-state index contributed by atoms with van der Waals surface area (Å²) in [6.45, 7) is 8.72. The lowest BCUT2D eigenvalue weighted by Crippen LogP contribution is -2.46. The zero-order valence-corrected chi connectivity index (χ0v) is 23.1. The van der Waals surface area contributed by atoms with Gasteiger partial charge in [-0.3, -0.25) is 4.79 Å². The van der Waals surface area contributed by atoms with E-state index < -0.39 is 22.0 Å². The quantitative estimate of drug-likeness (QED) is 0.529. The molecule has 4 rings (SSSR count). The minimum Gasteiger partial charge on any atom is -0.477 e. The molecule has 10 heteroatoms. The van der Waals surface area contributed by atoms with E-state index in [0.717, 1.165) is 30.6 Å². The van der Waals surface area contributed by atoms with Crippen LogP contribution in [0.2, 0.25) is 0 Å². The molecule has 2 aromatic rings. The predicted octanol–water partition coefficient (Wildman–Crippen LogP) is 5.43. The van der Waals surface area contributed by atoms with Gasteiger partial charge in [0.15, 0.2) is 0 Å². The van der Waals surface area contributed by atoms with Crippen LogP contribution in [0.5, 0.6) is 0 Å². The maximum Gasteiger partial charge on any atom is 0.348 e. The molecule has 2 aromatic heterocycles. The second-order valence-electron chi connectivity index (χ2n) is 10.8. The Bertz CT molecular complexity index is 1170. The number of amides is 1. The van der Waals surface area contributed by atoms with Crippen LogP contribution in [-0.4, -0.2) is 48.8 Å². The normalized spacial score (nSPS) is 23.9. The van der Waals surface area contributed by atoms with Gasteiger partial charge >= 0.3 is 5.97 Å². The molecule has 0 spiro atoms. The van der Waals surface area contributed by atoms with Gasteiger partial charge in [0, 0.05) is 29.3 Å². The molecule has 0 unspecified atom stereocenters. The average Bonchev–Trinajstić information content (AvgIpc) is 3.54. The highest BCUT2D eigenvalue weighted by molar-refractivity contribution is 7.89. The van der Waals surface area contributed by atoms with Crippen LogP contribution in [0.3, 0.4) is 0 Å². The first-order valence-corrected chi connectivity index (χ1v) is 15.3. The molecule has 35 heavy (non-hydrogen) atoms. The van der Waals surface area contributed by atoms with Gasteiger partial charge in [-0.15, -0.1) is 11.3 Å². The van der Waals surface area contributed by atoms with E-state index in [9.17, 15) is 23.1 Å². The predicted molar refractivity (Wildman–Crippen MR) is 140 cm³/mol. The van der Waals surface area contributed by atoms with Crippen molar-refractivity contribution in [2.45, 2.75) is 76.2 Å². The van der Waals surface area contributed by atoms with Gasteiger partial charge in [-0.2, -0.15) is 15.6 Å². The molecule has 1 aliphatic heterocycles. The molecule has 3 heterocycles. The number of sulfonamides is 1. The molecule has 2 aliphatic rings. The van der Waals surface area contributed by atoms with Crippen molar-refractivity contribution in [1.29, 1.82) is 0 Å². The van der Waals surface area contributed by atoms with Crippen LogP contribution >= 0.6 is 22.7 Å². The fourth-order valence-corrected chi connectivity index (χ4v) is 8.52. The van der Waals surface area contributed by atoms with Crippen LogP contribution in [0.25, 0.3) is 0 Å². The standard InChI is InChI=1S/C25H34N2O5S3/c1-16-5-7-17(8-6-16)23(28)27(20-13-21(25(2,3)4)34-22(20)24(29)30)18-9-11-26(14-18)35(31,32)19-10-12-33-15-19/h10,12-13,15-18H,5-9,11,14H2,1-4H3,(H,29,30)/t16-,17-,18-/m0/s1. The number of anilines is 1. The monoisotopic (exact) mass is 538 g/mol. The van der Waals surface area contributed by atoms with Crippen molar-refractivity contribution in [3.8, 4) is 0 Å². The number of rotatable bonds is 6. The molecule has 1 saturated heterocycles. The van der Waals surface area contributed by atoms with Gasteiger partial charge < -0.3 is 10.0 Å². The third kappa shape index (κ3) is 5.35. The van der Waals surface area contributed by atoms with E-state index in [-0.39, 0.29) is 33.6 Å². The zero-order chi connectivity index (χ0) is 25.5. The third-order valence-corrected chi connectivity index (χ3v) is 11.4. The van der Waals surface area contributed by atoms with Crippen LogP contribution < -0.4 is 4.90 Å². The van der Waals surface area contributed by atoms with Gasteiger partial charge in [0.05, 0.1) is 16.6 Å². The van der Waals surface area contributed by atoms with Crippen LogP contribution in [0.1, 0.15) is 74.3 Å². The Balaban J connectivity index is 1.72. The SMILES string of the molecule is CC(C)(C)c1cc(N(C(=O)[C@H]2CC[C@H](C)CC2)[C@H]2CCN(S(=O)(=O)c3ccsc3)C2)c(C(=O)O)s1. The Morgan fingerprint density at radius 3 is 2.40 bits per heavy atom. The smallest absolute Gasteiger partial charge is 0.348 e. The van der Waals surface area contributed by atoms with Crippen molar-refractivity contribution >= 4 is 50.3 Å². The molecular weight excluding hydrogens is 504 g/mol. The van der Waals surface area contributed by atoms with Crippen molar-refractivity contribution in [1.82, 2.24) is 4.31 Å². The first kappa shape index (κ1) is 26.3. The van der Waals surface area contributed by atoms with Gasteiger partial charge in [-0.1, -0.05) is 27.7 Å². The third-order valence-electron chi connectivity index (χ3n) is 7.13. The number of carboxylic acids is 1. The molecule has 1 saturated carbocycles. The van der Waals surface area contributed by atoms with E-state index in [0.29, 0.717) is 24.6 Å². The topological polar surface area (TPSA) is 95.0 Å². The van der Waals surface area contributed by atoms with Gasteiger partial charge in [0.25, 0.3) is 0 Å². The highest BCUT2D eigenvalue weighted by Crippen LogP contribution is 2.41. The molecule has 0 bridgehead atoms. The highest BCUT2D eigenvalue weighted by atomic mass is 32.2. The van der Waals surface area contributed by atoms with Gasteiger partial charge in [0.1, 0.15) is 4.88 Å². The molecule has 2 fully saturated rings. The highest BCUT2D eigenvalue weighted by Gasteiger charge is 2.42. The summed E-state index contributed by atoms with van der Waals surface area (Å²) in [5.74, 6) is -0.726. The number of carboxylic acid groups (broad SMARTS) is 1. The molecule has 1 aliphatic carbocycles. The number of hydrogen-bond acceptors (Lipinski definition) is 6. The summed E-state index contributed by atoms with van der Waals surface area (Å²) in [6, 6.07) is 3.03. The average molecular weight is 539 g/mol. The molecular formula is C25H34N2O5S3. The molecule has 1 atom stereocenters. The summed E-state index contributed by atoms with van der Waals surface area (Å²) >= 11 is 2.54. The molecule has 192 valence electrons. The van der Waals surface area contributed by atoms with E-state index >= 15 is 0 Å². The van der Waals surface area contributed by atoms with E-state index in [2.05, 4.69) is 6.92 Å². The van der Waals surface area contributed by atoms with Gasteiger partial charge in [-0.05, 0) is 60.9 Å². The number of nitrogens with zero attached hydrogens (tertiary/aromatic N) is 2. The second-order valence-corrected chi connectivity index (χ2v) is 14.6. The lowest BCUT2D eigenvalue weighted by Gasteiger charge is -2.34. The van der Waals surface area contributed by atoms with Crippen LogP contribution in [0.4, 0.5) is 5.69 Å². The molecule has 1 amide bonds. The Morgan fingerprint density at radius 2 is 1.83 bits per heavy atom. The maximum atomic E-state index is 14.0. The number of thiophene rings is 2. The Kier molecular flexibility index (Phi) is 7.48. The Labute approximate surface area is 215 Å². The fraction of sp³-hybridized carbons (Fsp3) is 0.600. The minimum absolute atomic E-state index is 0.0718. The fourth-order valence-electron chi connectivity index (χ4n) is 4.97.